The molecule has 0 bridgehead atoms. The molecule has 0 unspecified atom stereocenters. The molecule has 100 valence electrons. The summed E-state index contributed by atoms with van der Waals surface area (Å²) in [6.45, 7) is 0. The van der Waals surface area contributed by atoms with Gasteiger partial charge in [0.25, 0.3) is 10.0 Å². The second-order valence-corrected chi connectivity index (χ2v) is 6.72. The summed E-state index contributed by atoms with van der Waals surface area (Å²) in [5, 5.41) is 0. The van der Waals surface area contributed by atoms with E-state index in [1.54, 1.807) is 36.4 Å². The minimum Gasteiger partial charge on any atom is -0.279 e. The van der Waals surface area contributed by atoms with Gasteiger partial charge in [0.05, 0.1) is 10.6 Å². The lowest BCUT2D eigenvalue weighted by Crippen LogP contribution is -2.14. The van der Waals surface area contributed by atoms with E-state index in [0.29, 0.717) is 10.2 Å². The molecule has 2 aromatic rings. The maximum atomic E-state index is 12.2. The Hall–Kier alpha value is -1.04. The minimum atomic E-state index is -3.61. The molecule has 0 aliphatic carbocycles. The fourth-order valence-corrected chi connectivity index (χ4v) is 3.50. The summed E-state index contributed by atoms with van der Waals surface area (Å²) >= 11 is 9.04. The van der Waals surface area contributed by atoms with E-state index in [2.05, 4.69) is 20.7 Å². The highest BCUT2D eigenvalue weighted by Gasteiger charge is 2.15. The zero-order chi connectivity index (χ0) is 13.9. The first-order valence-electron chi connectivity index (χ1n) is 5.45. The van der Waals surface area contributed by atoms with Crippen LogP contribution in [-0.4, -0.2) is 8.42 Å². The van der Waals surface area contributed by atoms with Gasteiger partial charge < -0.3 is 0 Å². The third-order valence-corrected chi connectivity index (χ3v) is 4.66. The lowest BCUT2D eigenvalue weighted by molar-refractivity contribution is 0.601. The third kappa shape index (κ3) is 3.49. The molecular weight excluding hydrogens is 350 g/mol. The molecule has 3 nitrogen and oxygen atoms in total. The zero-order valence-electron chi connectivity index (χ0n) is 9.81. The molecule has 0 atom stereocenters. The molecule has 6 heteroatoms. The van der Waals surface area contributed by atoms with Crippen molar-refractivity contribution in [2.75, 3.05) is 4.72 Å². The van der Waals surface area contributed by atoms with E-state index in [0.717, 1.165) is 5.56 Å². The van der Waals surface area contributed by atoms with Crippen molar-refractivity contribution >= 4 is 43.2 Å². The highest BCUT2D eigenvalue weighted by atomic mass is 79.9. The Bertz CT molecular complexity index is 689. The van der Waals surface area contributed by atoms with Crippen LogP contribution in [0, 0.1) is 0 Å². The van der Waals surface area contributed by atoms with Crippen molar-refractivity contribution in [1.29, 1.82) is 0 Å². The quantitative estimate of drug-likeness (QED) is 0.838. The molecule has 0 saturated heterocycles. The Morgan fingerprint density at radius 2 is 1.84 bits per heavy atom. The van der Waals surface area contributed by atoms with E-state index in [1.807, 2.05) is 6.07 Å². The normalized spacial score (nSPS) is 11.3. The number of sulfonamides is 1. The Morgan fingerprint density at radius 1 is 1.11 bits per heavy atom. The Morgan fingerprint density at radius 3 is 2.53 bits per heavy atom. The second kappa shape index (κ2) is 5.94. The van der Waals surface area contributed by atoms with Gasteiger partial charge in [0, 0.05) is 10.4 Å². The summed E-state index contributed by atoms with van der Waals surface area (Å²) in [5.74, 6) is 0.247. The van der Waals surface area contributed by atoms with Crippen molar-refractivity contribution < 1.29 is 8.42 Å². The average molecular weight is 361 g/mol. The van der Waals surface area contributed by atoms with E-state index in [1.165, 1.54) is 6.07 Å². The second-order valence-electron chi connectivity index (χ2n) is 3.85. The number of benzene rings is 2. The van der Waals surface area contributed by atoms with Crippen molar-refractivity contribution in [3.63, 3.8) is 0 Å². The maximum Gasteiger partial charge on any atom is 0.261 e. The largest absolute Gasteiger partial charge is 0.279 e. The summed E-state index contributed by atoms with van der Waals surface area (Å²) in [6.07, 6.45) is 0. The van der Waals surface area contributed by atoms with Gasteiger partial charge in [-0.05, 0) is 29.8 Å². The molecule has 19 heavy (non-hydrogen) atoms. The van der Waals surface area contributed by atoms with E-state index in [4.69, 9.17) is 11.6 Å². The van der Waals surface area contributed by atoms with E-state index >= 15 is 0 Å². The maximum absolute atomic E-state index is 12.2. The number of hydrogen-bond donors (Lipinski definition) is 1. The number of hydrogen-bond acceptors (Lipinski definition) is 2. The molecule has 0 radical (unpaired) electrons. The molecule has 0 aromatic heterocycles. The van der Waals surface area contributed by atoms with Crippen LogP contribution in [0.5, 0.6) is 0 Å². The lowest BCUT2D eigenvalue weighted by Gasteiger charge is -2.11. The standard InChI is InChI=1S/C13H11BrClNO2S/c14-11-5-3-6-12(8-11)19(17,18)16-13-7-2-1-4-10(13)9-15/h1-8,16H,9H2. The molecule has 0 aliphatic heterocycles. The predicted molar refractivity (Wildman–Crippen MR) is 80.9 cm³/mol. The first-order chi connectivity index (χ1) is 9.03. The number of halogens is 2. The number of rotatable bonds is 4. The van der Waals surface area contributed by atoms with Crippen molar-refractivity contribution in [3.8, 4) is 0 Å². The van der Waals surface area contributed by atoms with Gasteiger partial charge in [0.2, 0.25) is 0 Å². The van der Waals surface area contributed by atoms with Crippen LogP contribution in [0.25, 0.3) is 0 Å². The average Bonchev–Trinajstić information content (AvgIpc) is 2.39. The Kier molecular flexibility index (Phi) is 4.50. The molecule has 0 fully saturated rings. The van der Waals surface area contributed by atoms with E-state index < -0.39 is 10.0 Å². The number of anilines is 1. The van der Waals surface area contributed by atoms with Crippen LogP contribution >= 0.6 is 27.5 Å². The van der Waals surface area contributed by atoms with Gasteiger partial charge in [-0.1, -0.05) is 40.2 Å². The van der Waals surface area contributed by atoms with Crippen molar-refractivity contribution in [2.24, 2.45) is 0 Å². The third-order valence-electron chi connectivity index (χ3n) is 2.51. The molecule has 0 amide bonds. The summed E-state index contributed by atoms with van der Waals surface area (Å²) in [7, 11) is -3.61. The first-order valence-corrected chi connectivity index (χ1v) is 8.26. The number of alkyl halides is 1. The molecular formula is C13H11BrClNO2S. The van der Waals surface area contributed by atoms with Crippen LogP contribution < -0.4 is 4.72 Å². The van der Waals surface area contributed by atoms with Gasteiger partial charge in [-0.25, -0.2) is 8.42 Å². The molecule has 0 spiro atoms. The van der Waals surface area contributed by atoms with Crippen LogP contribution in [0.2, 0.25) is 0 Å². The monoisotopic (exact) mass is 359 g/mol. The van der Waals surface area contributed by atoms with E-state index in [-0.39, 0.29) is 10.8 Å². The highest BCUT2D eigenvalue weighted by Crippen LogP contribution is 2.22. The summed E-state index contributed by atoms with van der Waals surface area (Å²) < 4.78 is 27.8. The van der Waals surface area contributed by atoms with Gasteiger partial charge in [-0.15, -0.1) is 11.6 Å². The summed E-state index contributed by atoms with van der Waals surface area (Å²) in [4.78, 5) is 0.200. The van der Waals surface area contributed by atoms with Gasteiger partial charge in [-0.2, -0.15) is 0 Å². The van der Waals surface area contributed by atoms with Crippen LogP contribution in [0.1, 0.15) is 5.56 Å². The molecule has 2 aromatic carbocycles. The smallest absolute Gasteiger partial charge is 0.261 e. The zero-order valence-corrected chi connectivity index (χ0v) is 13.0. The lowest BCUT2D eigenvalue weighted by atomic mass is 10.2. The molecule has 1 N–H and O–H groups in total. The number of nitrogens with one attached hydrogen (secondary N) is 1. The van der Waals surface area contributed by atoms with Crippen molar-refractivity contribution in [2.45, 2.75) is 10.8 Å². The Labute approximate surface area is 125 Å². The van der Waals surface area contributed by atoms with Gasteiger partial charge in [0.1, 0.15) is 0 Å². The molecule has 0 heterocycles. The number of para-hydroxylation sites is 1. The first kappa shape index (κ1) is 14.4. The molecule has 0 saturated carbocycles. The Balaban J connectivity index is 2.37. The molecule has 0 aliphatic rings. The fourth-order valence-electron chi connectivity index (χ4n) is 1.57. The topological polar surface area (TPSA) is 46.2 Å². The van der Waals surface area contributed by atoms with Gasteiger partial charge in [-0.3, -0.25) is 4.72 Å². The van der Waals surface area contributed by atoms with Crippen LogP contribution in [0.4, 0.5) is 5.69 Å². The van der Waals surface area contributed by atoms with Crippen LogP contribution in [-0.2, 0) is 15.9 Å². The van der Waals surface area contributed by atoms with Crippen LogP contribution in [0.15, 0.2) is 57.9 Å². The van der Waals surface area contributed by atoms with E-state index in [9.17, 15) is 8.42 Å². The molecule has 2 rings (SSSR count). The van der Waals surface area contributed by atoms with Crippen molar-refractivity contribution in [1.82, 2.24) is 0 Å². The summed E-state index contributed by atoms with van der Waals surface area (Å²) in [6, 6.07) is 13.6. The predicted octanol–water partition coefficient (Wildman–Crippen LogP) is 3.99. The highest BCUT2D eigenvalue weighted by molar-refractivity contribution is 9.10. The van der Waals surface area contributed by atoms with Gasteiger partial charge >= 0.3 is 0 Å². The summed E-state index contributed by atoms with van der Waals surface area (Å²) in [5.41, 5.74) is 1.24. The minimum absolute atomic E-state index is 0.200. The SMILES string of the molecule is O=S(=O)(Nc1ccccc1CCl)c1cccc(Br)c1. The van der Waals surface area contributed by atoms with Crippen molar-refractivity contribution in [3.05, 3.63) is 58.6 Å². The van der Waals surface area contributed by atoms with Crippen LogP contribution in [0.3, 0.4) is 0 Å². The van der Waals surface area contributed by atoms with Gasteiger partial charge in [0.15, 0.2) is 0 Å². The fraction of sp³-hybridized carbons (Fsp3) is 0.0769.